The van der Waals surface area contributed by atoms with Gasteiger partial charge in [-0.1, -0.05) is 18.2 Å². The van der Waals surface area contributed by atoms with E-state index in [-0.39, 0.29) is 24.0 Å². The van der Waals surface area contributed by atoms with Crippen molar-refractivity contribution in [2.45, 2.75) is 19.4 Å². The third-order valence-corrected chi connectivity index (χ3v) is 3.96. The van der Waals surface area contributed by atoms with E-state index in [1.165, 1.54) is 12.8 Å². The van der Waals surface area contributed by atoms with Crippen molar-refractivity contribution in [3.63, 3.8) is 0 Å². The predicted octanol–water partition coefficient (Wildman–Crippen LogP) is 1.85. The summed E-state index contributed by atoms with van der Waals surface area (Å²) in [5.74, 6) is 0.863. The number of halogens is 1. The first kappa shape index (κ1) is 19.0. The van der Waals surface area contributed by atoms with Crippen molar-refractivity contribution in [3.05, 3.63) is 29.8 Å². The fourth-order valence-electron chi connectivity index (χ4n) is 2.41. The van der Waals surface area contributed by atoms with E-state index in [0.717, 1.165) is 30.9 Å². The van der Waals surface area contributed by atoms with Gasteiger partial charge >= 0.3 is 0 Å². The topological polar surface area (TPSA) is 73.8 Å². The van der Waals surface area contributed by atoms with E-state index in [0.29, 0.717) is 12.2 Å². The highest BCUT2D eigenvalue weighted by atomic mass is 127. The fourth-order valence-corrected chi connectivity index (χ4v) is 3.01. The number of sulfonamides is 1. The molecule has 0 aromatic heterocycles. The maximum atomic E-state index is 11.4. The van der Waals surface area contributed by atoms with Gasteiger partial charge in [-0.2, -0.15) is 0 Å². The molecule has 0 aliphatic carbocycles. The molecule has 8 heteroatoms. The van der Waals surface area contributed by atoms with Crippen molar-refractivity contribution in [2.75, 3.05) is 31.1 Å². The smallest absolute Gasteiger partial charge is 0.229 e. The largest absolute Gasteiger partial charge is 0.352 e. The molecular formula is C14H23IN4O2S. The van der Waals surface area contributed by atoms with E-state index in [1.54, 1.807) is 13.1 Å². The lowest BCUT2D eigenvalue weighted by atomic mass is 10.2. The highest BCUT2D eigenvalue weighted by Gasteiger charge is 2.16. The van der Waals surface area contributed by atoms with Crippen LogP contribution in [-0.4, -0.2) is 45.7 Å². The second-order valence-corrected chi connectivity index (χ2v) is 6.87. The van der Waals surface area contributed by atoms with Gasteiger partial charge in [0.05, 0.1) is 11.9 Å². The number of benzene rings is 1. The van der Waals surface area contributed by atoms with Gasteiger partial charge in [0.15, 0.2) is 5.96 Å². The molecule has 6 nitrogen and oxygen atoms in total. The summed E-state index contributed by atoms with van der Waals surface area (Å²) in [4.78, 5) is 6.50. The Morgan fingerprint density at radius 1 is 1.27 bits per heavy atom. The molecule has 1 aliphatic rings. The van der Waals surface area contributed by atoms with Crippen LogP contribution in [0, 0.1) is 0 Å². The van der Waals surface area contributed by atoms with Gasteiger partial charge in [0.25, 0.3) is 0 Å². The van der Waals surface area contributed by atoms with Crippen LogP contribution in [0.4, 0.5) is 5.69 Å². The van der Waals surface area contributed by atoms with Crippen LogP contribution in [0.2, 0.25) is 0 Å². The molecule has 1 saturated heterocycles. The Labute approximate surface area is 149 Å². The molecule has 0 amide bonds. The van der Waals surface area contributed by atoms with Gasteiger partial charge in [-0.3, -0.25) is 9.71 Å². The lowest BCUT2D eigenvalue weighted by Gasteiger charge is -2.21. The van der Waals surface area contributed by atoms with Crippen LogP contribution in [0.15, 0.2) is 29.3 Å². The summed E-state index contributed by atoms with van der Waals surface area (Å²) < 4.78 is 25.3. The lowest BCUT2D eigenvalue weighted by Crippen LogP contribution is -2.39. The molecule has 1 aliphatic heterocycles. The Bertz CT molecular complexity index is 613. The molecule has 124 valence electrons. The number of aliphatic imine (C=N–C) groups is 1. The summed E-state index contributed by atoms with van der Waals surface area (Å²) in [6.07, 6.45) is 3.53. The molecule has 2 N–H and O–H groups in total. The van der Waals surface area contributed by atoms with Crippen molar-refractivity contribution >= 4 is 45.6 Å². The molecule has 1 aromatic rings. The van der Waals surface area contributed by atoms with Gasteiger partial charge in [-0.15, -0.1) is 24.0 Å². The zero-order valence-electron chi connectivity index (χ0n) is 12.9. The Kier molecular flexibility index (Phi) is 7.40. The maximum Gasteiger partial charge on any atom is 0.229 e. The molecule has 0 saturated carbocycles. The minimum atomic E-state index is -3.28. The van der Waals surface area contributed by atoms with Crippen molar-refractivity contribution in [3.8, 4) is 0 Å². The number of anilines is 1. The minimum Gasteiger partial charge on any atom is -0.352 e. The van der Waals surface area contributed by atoms with Crippen LogP contribution in [0.25, 0.3) is 0 Å². The van der Waals surface area contributed by atoms with Crippen LogP contribution in [0.5, 0.6) is 0 Å². The fraction of sp³-hybridized carbons (Fsp3) is 0.500. The van der Waals surface area contributed by atoms with Crippen molar-refractivity contribution < 1.29 is 8.42 Å². The predicted molar refractivity (Wildman–Crippen MR) is 101 cm³/mol. The number of rotatable bonds is 4. The van der Waals surface area contributed by atoms with E-state index in [2.05, 4.69) is 19.9 Å². The van der Waals surface area contributed by atoms with Gasteiger partial charge < -0.3 is 10.2 Å². The standard InChI is InChI=1S/C14H22N4O2S.HI/c1-15-14(18-9-5-6-10-18)16-11-12-7-3-4-8-13(12)17-21(2,19)20;/h3-4,7-8,17H,5-6,9-11H2,1-2H3,(H,15,16);1H. The molecule has 0 bridgehead atoms. The molecular weight excluding hydrogens is 415 g/mol. The third-order valence-electron chi connectivity index (χ3n) is 3.37. The number of para-hydroxylation sites is 1. The Morgan fingerprint density at radius 3 is 2.50 bits per heavy atom. The molecule has 1 heterocycles. The summed E-state index contributed by atoms with van der Waals surface area (Å²) in [5, 5.41) is 3.29. The first-order valence-electron chi connectivity index (χ1n) is 7.01. The van der Waals surface area contributed by atoms with E-state index in [9.17, 15) is 8.42 Å². The highest BCUT2D eigenvalue weighted by Crippen LogP contribution is 2.16. The summed E-state index contributed by atoms with van der Waals surface area (Å²) in [6.45, 7) is 2.56. The Morgan fingerprint density at radius 2 is 1.91 bits per heavy atom. The number of hydrogen-bond acceptors (Lipinski definition) is 3. The van der Waals surface area contributed by atoms with Crippen molar-refractivity contribution in [1.29, 1.82) is 0 Å². The second kappa shape index (κ2) is 8.56. The Balaban J connectivity index is 0.00000242. The quantitative estimate of drug-likeness (QED) is 0.428. The third kappa shape index (κ3) is 5.64. The summed E-state index contributed by atoms with van der Waals surface area (Å²) in [5.41, 5.74) is 1.49. The van der Waals surface area contributed by atoms with Crippen LogP contribution in [0.1, 0.15) is 18.4 Å². The van der Waals surface area contributed by atoms with Gasteiger partial charge in [-0.25, -0.2) is 8.42 Å². The summed E-state index contributed by atoms with van der Waals surface area (Å²) in [6, 6.07) is 7.36. The van der Waals surface area contributed by atoms with Crippen molar-refractivity contribution in [2.24, 2.45) is 4.99 Å². The molecule has 0 atom stereocenters. The number of nitrogens with zero attached hydrogens (tertiary/aromatic N) is 2. The van der Waals surface area contributed by atoms with Crippen LogP contribution < -0.4 is 10.0 Å². The number of likely N-dealkylation sites (tertiary alicyclic amines) is 1. The maximum absolute atomic E-state index is 11.4. The average Bonchev–Trinajstić information content (AvgIpc) is 2.93. The first-order chi connectivity index (χ1) is 9.99. The zero-order chi connectivity index (χ0) is 15.3. The minimum absolute atomic E-state index is 0. The van der Waals surface area contributed by atoms with Crippen LogP contribution in [0.3, 0.4) is 0 Å². The SMILES string of the molecule is CN=C(NCc1ccccc1NS(C)(=O)=O)N1CCCC1.I. The lowest BCUT2D eigenvalue weighted by molar-refractivity contribution is 0.493. The average molecular weight is 438 g/mol. The zero-order valence-corrected chi connectivity index (χ0v) is 16.0. The summed E-state index contributed by atoms with van der Waals surface area (Å²) in [7, 11) is -1.51. The van der Waals surface area contributed by atoms with Gasteiger partial charge in [0.1, 0.15) is 0 Å². The van der Waals surface area contributed by atoms with Gasteiger partial charge in [0, 0.05) is 26.7 Å². The molecule has 2 rings (SSSR count). The molecule has 0 radical (unpaired) electrons. The van der Waals surface area contributed by atoms with E-state index in [4.69, 9.17) is 0 Å². The normalized spacial score (nSPS) is 15.4. The van der Waals surface area contributed by atoms with Gasteiger partial charge in [0.2, 0.25) is 10.0 Å². The second-order valence-electron chi connectivity index (χ2n) is 5.13. The van der Waals surface area contributed by atoms with Crippen LogP contribution >= 0.6 is 24.0 Å². The molecule has 0 unspecified atom stereocenters. The molecule has 1 aromatic carbocycles. The van der Waals surface area contributed by atoms with E-state index in [1.807, 2.05) is 18.2 Å². The summed E-state index contributed by atoms with van der Waals surface area (Å²) >= 11 is 0. The van der Waals surface area contributed by atoms with E-state index < -0.39 is 10.0 Å². The number of hydrogen-bond donors (Lipinski definition) is 2. The number of guanidine groups is 1. The molecule has 0 spiro atoms. The first-order valence-corrected chi connectivity index (χ1v) is 8.90. The molecule has 1 fully saturated rings. The van der Waals surface area contributed by atoms with Crippen molar-refractivity contribution in [1.82, 2.24) is 10.2 Å². The van der Waals surface area contributed by atoms with Crippen LogP contribution in [-0.2, 0) is 16.6 Å². The Hall–Kier alpha value is -1.03. The highest BCUT2D eigenvalue weighted by molar-refractivity contribution is 14.0. The number of nitrogens with one attached hydrogen (secondary N) is 2. The molecule has 22 heavy (non-hydrogen) atoms. The van der Waals surface area contributed by atoms with E-state index >= 15 is 0 Å². The van der Waals surface area contributed by atoms with Gasteiger partial charge in [-0.05, 0) is 24.5 Å². The monoisotopic (exact) mass is 438 g/mol.